The quantitative estimate of drug-likeness (QED) is 0.655. The fourth-order valence-electron chi connectivity index (χ4n) is 3.18. The van der Waals surface area contributed by atoms with Gasteiger partial charge in [0.2, 0.25) is 5.88 Å². The highest BCUT2D eigenvalue weighted by molar-refractivity contribution is 5.86. The van der Waals surface area contributed by atoms with E-state index in [2.05, 4.69) is 11.1 Å². The van der Waals surface area contributed by atoms with Crippen LogP contribution in [-0.2, 0) is 0 Å². The number of allylic oxidation sites excluding steroid dienone is 1. The molecule has 29 heavy (non-hydrogen) atoms. The average Bonchev–Trinajstić information content (AvgIpc) is 3.26. The van der Waals surface area contributed by atoms with Crippen LogP contribution >= 0.6 is 0 Å². The standard InChI is InChI=1S/C22H17N3O4/c1-27-15-6-4-14(5-7-15)25-12-13-9-16-20(10-18(13)26)29-22(24)17(11-23)21(16)19-3-2-8-28-19/h2-10,12,21,26H,24H2,1H3/t21-/m1/s1. The summed E-state index contributed by atoms with van der Waals surface area (Å²) in [4.78, 5) is 4.40. The van der Waals surface area contributed by atoms with Crippen molar-refractivity contribution in [2.24, 2.45) is 10.7 Å². The Balaban J connectivity index is 1.76. The third-order valence-electron chi connectivity index (χ3n) is 4.62. The van der Waals surface area contributed by atoms with Crippen molar-refractivity contribution in [1.29, 1.82) is 5.26 Å². The summed E-state index contributed by atoms with van der Waals surface area (Å²) in [7, 11) is 1.59. The maximum Gasteiger partial charge on any atom is 0.205 e. The highest BCUT2D eigenvalue weighted by Gasteiger charge is 2.33. The zero-order valence-electron chi connectivity index (χ0n) is 15.5. The molecule has 0 unspecified atom stereocenters. The number of benzene rings is 2. The molecule has 0 radical (unpaired) electrons. The van der Waals surface area contributed by atoms with Gasteiger partial charge in [-0.3, -0.25) is 4.99 Å². The first kappa shape index (κ1) is 18.2. The van der Waals surface area contributed by atoms with Crippen LogP contribution in [0.25, 0.3) is 0 Å². The van der Waals surface area contributed by atoms with E-state index in [1.807, 2.05) is 0 Å². The molecule has 4 rings (SSSR count). The van der Waals surface area contributed by atoms with Crippen LogP contribution in [0, 0.1) is 11.3 Å². The molecule has 0 saturated heterocycles. The monoisotopic (exact) mass is 387 g/mol. The number of nitrogens with zero attached hydrogens (tertiary/aromatic N) is 2. The molecule has 0 amide bonds. The summed E-state index contributed by atoms with van der Waals surface area (Å²) < 4.78 is 16.2. The first-order chi connectivity index (χ1) is 14.1. The Bertz CT molecular complexity index is 1140. The number of hydrogen-bond donors (Lipinski definition) is 2. The summed E-state index contributed by atoms with van der Waals surface area (Å²) >= 11 is 0. The van der Waals surface area contributed by atoms with Crippen molar-refractivity contribution in [2.45, 2.75) is 5.92 Å². The van der Waals surface area contributed by atoms with Gasteiger partial charge in [-0.1, -0.05) is 0 Å². The normalized spacial score (nSPS) is 15.7. The van der Waals surface area contributed by atoms with Gasteiger partial charge in [-0.05, 0) is 42.5 Å². The lowest BCUT2D eigenvalue weighted by Gasteiger charge is -2.25. The van der Waals surface area contributed by atoms with Crippen molar-refractivity contribution in [3.63, 3.8) is 0 Å². The molecule has 0 spiro atoms. The molecule has 1 atom stereocenters. The number of ether oxygens (including phenoxy) is 2. The van der Waals surface area contributed by atoms with E-state index in [1.54, 1.807) is 55.8 Å². The zero-order chi connectivity index (χ0) is 20.4. The Morgan fingerprint density at radius 2 is 2.03 bits per heavy atom. The Labute approximate surface area is 166 Å². The number of aromatic hydroxyl groups is 1. The maximum atomic E-state index is 10.4. The Morgan fingerprint density at radius 3 is 2.69 bits per heavy atom. The number of nitriles is 1. The SMILES string of the molecule is COc1ccc(N=Cc2cc3c(cc2O)OC(N)=C(C#N)[C@@H]3c2ccco2)cc1. The molecular formula is C22H17N3O4. The van der Waals surface area contributed by atoms with E-state index in [-0.39, 0.29) is 17.2 Å². The molecule has 2 aromatic carbocycles. The summed E-state index contributed by atoms with van der Waals surface area (Å²) in [6.45, 7) is 0. The molecule has 0 bridgehead atoms. The molecule has 7 heteroatoms. The minimum atomic E-state index is -0.535. The Morgan fingerprint density at radius 1 is 1.24 bits per heavy atom. The lowest BCUT2D eigenvalue weighted by atomic mass is 9.86. The molecule has 3 N–H and O–H groups in total. The first-order valence-corrected chi connectivity index (χ1v) is 8.76. The molecule has 1 aromatic heterocycles. The number of hydrogen-bond acceptors (Lipinski definition) is 7. The molecule has 0 fully saturated rings. The molecule has 3 aromatic rings. The zero-order valence-corrected chi connectivity index (χ0v) is 15.5. The van der Waals surface area contributed by atoms with E-state index in [0.717, 1.165) is 5.75 Å². The van der Waals surface area contributed by atoms with Crippen molar-refractivity contribution < 1.29 is 19.0 Å². The molecule has 0 saturated carbocycles. The highest BCUT2D eigenvalue weighted by Crippen LogP contribution is 2.44. The number of phenols is 1. The minimum absolute atomic E-state index is 0.0135. The van der Waals surface area contributed by atoms with Gasteiger partial charge in [-0.15, -0.1) is 0 Å². The number of methoxy groups -OCH3 is 1. The number of fused-ring (bicyclic) bond motifs is 1. The molecule has 144 valence electrons. The van der Waals surface area contributed by atoms with E-state index < -0.39 is 5.92 Å². The molecule has 1 aliphatic rings. The van der Waals surface area contributed by atoms with E-state index in [9.17, 15) is 10.4 Å². The number of phenolic OH excluding ortho intramolecular Hbond substituents is 1. The fraction of sp³-hybridized carbons (Fsp3) is 0.0909. The van der Waals surface area contributed by atoms with E-state index >= 15 is 0 Å². The second kappa shape index (κ2) is 7.44. The van der Waals surface area contributed by atoms with Crippen molar-refractivity contribution in [1.82, 2.24) is 0 Å². The van der Waals surface area contributed by atoms with Gasteiger partial charge in [0.25, 0.3) is 0 Å². The Kier molecular flexibility index (Phi) is 4.67. The summed E-state index contributed by atoms with van der Waals surface area (Å²) in [5.74, 6) is 1.08. The van der Waals surface area contributed by atoms with Crippen LogP contribution in [0.5, 0.6) is 17.2 Å². The van der Waals surface area contributed by atoms with Gasteiger partial charge < -0.3 is 24.7 Å². The Hall–Kier alpha value is -4.18. The number of furan rings is 1. The molecule has 7 nitrogen and oxygen atoms in total. The topological polar surface area (TPSA) is 114 Å². The van der Waals surface area contributed by atoms with Crippen molar-refractivity contribution in [2.75, 3.05) is 7.11 Å². The predicted molar refractivity (Wildman–Crippen MR) is 106 cm³/mol. The van der Waals surface area contributed by atoms with Crippen LogP contribution < -0.4 is 15.2 Å². The number of aliphatic imine (C=N–C) groups is 1. The average molecular weight is 387 g/mol. The minimum Gasteiger partial charge on any atom is -0.507 e. The molecular weight excluding hydrogens is 370 g/mol. The largest absolute Gasteiger partial charge is 0.507 e. The summed E-state index contributed by atoms with van der Waals surface area (Å²) in [5.41, 5.74) is 7.99. The number of rotatable bonds is 4. The fourth-order valence-corrected chi connectivity index (χ4v) is 3.18. The van der Waals surface area contributed by atoms with Crippen molar-refractivity contribution in [3.05, 3.63) is 83.1 Å². The van der Waals surface area contributed by atoms with Crippen LogP contribution in [0.3, 0.4) is 0 Å². The van der Waals surface area contributed by atoms with Crippen molar-refractivity contribution >= 4 is 11.9 Å². The number of nitrogens with two attached hydrogens (primary N) is 1. The van der Waals surface area contributed by atoms with Gasteiger partial charge in [0.1, 0.15) is 34.7 Å². The van der Waals surface area contributed by atoms with Gasteiger partial charge in [0.15, 0.2) is 0 Å². The highest BCUT2D eigenvalue weighted by atomic mass is 16.5. The van der Waals surface area contributed by atoms with Gasteiger partial charge >= 0.3 is 0 Å². The second-order valence-corrected chi connectivity index (χ2v) is 6.35. The van der Waals surface area contributed by atoms with Gasteiger partial charge in [0.05, 0.1) is 25.0 Å². The van der Waals surface area contributed by atoms with E-state index in [1.165, 1.54) is 12.3 Å². The lowest BCUT2D eigenvalue weighted by molar-refractivity contribution is 0.379. The van der Waals surface area contributed by atoms with E-state index in [0.29, 0.717) is 28.3 Å². The third-order valence-corrected chi connectivity index (χ3v) is 4.62. The van der Waals surface area contributed by atoms with Crippen LogP contribution in [0.15, 0.2) is 75.7 Å². The summed E-state index contributed by atoms with van der Waals surface area (Å²) in [6, 6.07) is 16.0. The first-order valence-electron chi connectivity index (χ1n) is 8.76. The molecule has 1 aliphatic heterocycles. The van der Waals surface area contributed by atoms with Crippen LogP contribution in [-0.4, -0.2) is 18.4 Å². The smallest absolute Gasteiger partial charge is 0.205 e. The van der Waals surface area contributed by atoms with Gasteiger partial charge in [-0.25, -0.2) is 0 Å². The maximum absolute atomic E-state index is 10.4. The van der Waals surface area contributed by atoms with Crippen LogP contribution in [0.2, 0.25) is 0 Å². The van der Waals surface area contributed by atoms with Crippen LogP contribution in [0.4, 0.5) is 5.69 Å². The van der Waals surface area contributed by atoms with Gasteiger partial charge in [-0.2, -0.15) is 5.26 Å². The summed E-state index contributed by atoms with van der Waals surface area (Å²) in [6.07, 6.45) is 3.08. The van der Waals surface area contributed by atoms with Crippen LogP contribution in [0.1, 0.15) is 22.8 Å². The van der Waals surface area contributed by atoms with E-state index in [4.69, 9.17) is 19.6 Å². The summed E-state index contributed by atoms with van der Waals surface area (Å²) in [5, 5.41) is 20.0. The second-order valence-electron chi connectivity index (χ2n) is 6.35. The molecule has 2 heterocycles. The predicted octanol–water partition coefficient (Wildman–Crippen LogP) is 3.96. The lowest BCUT2D eigenvalue weighted by Crippen LogP contribution is -2.21. The molecule has 0 aliphatic carbocycles. The van der Waals surface area contributed by atoms with Gasteiger partial charge in [0, 0.05) is 23.4 Å². The third kappa shape index (κ3) is 3.39. The van der Waals surface area contributed by atoms with Crippen molar-refractivity contribution in [3.8, 4) is 23.3 Å².